The minimum absolute atomic E-state index is 0.297. The van der Waals surface area contributed by atoms with E-state index >= 15 is 0 Å². The lowest BCUT2D eigenvalue weighted by Gasteiger charge is -2.38. The molecule has 10 heteroatoms. The fourth-order valence-corrected chi connectivity index (χ4v) is 5.05. The number of sulfonamides is 1. The number of hydrogen-bond acceptors (Lipinski definition) is 6. The van der Waals surface area contributed by atoms with E-state index in [2.05, 4.69) is 21.0 Å². The first-order valence-corrected chi connectivity index (χ1v) is 12.7. The Morgan fingerprint density at radius 3 is 2.70 bits per heavy atom. The topological polar surface area (TPSA) is 108 Å². The molecule has 1 aliphatic heterocycles. The van der Waals surface area contributed by atoms with E-state index in [0.29, 0.717) is 25.3 Å². The molecular weight excluding hydrogens is 449 g/mol. The van der Waals surface area contributed by atoms with Gasteiger partial charge in [0.15, 0.2) is 0 Å². The van der Waals surface area contributed by atoms with Gasteiger partial charge in [0.2, 0.25) is 15.9 Å². The molecule has 1 aliphatic carbocycles. The number of aliphatic hydroxyl groups excluding tert-OH is 1. The van der Waals surface area contributed by atoms with Gasteiger partial charge in [0.25, 0.3) is 0 Å². The van der Waals surface area contributed by atoms with E-state index in [4.69, 9.17) is 4.74 Å². The summed E-state index contributed by atoms with van der Waals surface area (Å²) in [7, 11) is -3.52. The van der Waals surface area contributed by atoms with Gasteiger partial charge in [-0.2, -0.15) is 0 Å². The Bertz CT molecular complexity index is 1110. The van der Waals surface area contributed by atoms with Gasteiger partial charge in [-0.15, -0.1) is 0 Å². The Kier molecular flexibility index (Phi) is 6.99. The molecule has 2 aromatic carbocycles. The molecule has 0 bridgehead atoms. The van der Waals surface area contributed by atoms with Crippen molar-refractivity contribution in [1.82, 2.24) is 14.9 Å². The summed E-state index contributed by atoms with van der Waals surface area (Å²) in [5, 5.41) is 14.1. The Hall–Kier alpha value is -2.53. The van der Waals surface area contributed by atoms with Gasteiger partial charge < -0.3 is 15.2 Å². The maximum Gasteiger partial charge on any atom is 0.235 e. The van der Waals surface area contributed by atoms with Crippen LogP contribution < -0.4 is 14.8 Å². The van der Waals surface area contributed by atoms with Crippen LogP contribution in [-0.2, 0) is 27.8 Å². The van der Waals surface area contributed by atoms with Crippen LogP contribution in [-0.4, -0.2) is 68.0 Å². The molecule has 1 amide bonds. The SMILES string of the molecule is CS(=O)(=O)NCC(=O)N[C@@H]1C[C@@H](Oc2cccc(F)c2)[C@H](O)[C@H]1N1CCc2ccccc2C1. The molecule has 0 aromatic heterocycles. The second-order valence-electron chi connectivity index (χ2n) is 8.59. The van der Waals surface area contributed by atoms with Crippen LogP contribution in [0.15, 0.2) is 48.5 Å². The zero-order valence-corrected chi connectivity index (χ0v) is 19.1. The van der Waals surface area contributed by atoms with Gasteiger partial charge in [-0.05, 0) is 29.7 Å². The Balaban J connectivity index is 1.53. The first kappa shape index (κ1) is 23.6. The van der Waals surface area contributed by atoms with Gasteiger partial charge in [-0.1, -0.05) is 30.3 Å². The molecule has 4 rings (SSSR count). The molecule has 0 saturated heterocycles. The monoisotopic (exact) mass is 477 g/mol. The number of benzene rings is 2. The van der Waals surface area contributed by atoms with Crippen molar-refractivity contribution in [1.29, 1.82) is 0 Å². The van der Waals surface area contributed by atoms with Crippen LogP contribution in [0.2, 0.25) is 0 Å². The highest BCUT2D eigenvalue weighted by molar-refractivity contribution is 7.88. The summed E-state index contributed by atoms with van der Waals surface area (Å²) in [6.45, 7) is 0.911. The number of ether oxygens (including phenoxy) is 1. The smallest absolute Gasteiger partial charge is 0.235 e. The second kappa shape index (κ2) is 9.76. The van der Waals surface area contributed by atoms with E-state index in [1.54, 1.807) is 6.07 Å². The van der Waals surface area contributed by atoms with Crippen LogP contribution in [0.1, 0.15) is 17.5 Å². The highest BCUT2D eigenvalue weighted by Crippen LogP contribution is 2.32. The minimum Gasteiger partial charge on any atom is -0.487 e. The standard InChI is InChI=1S/C23H28FN3O5S/c1-33(30,31)25-13-21(28)26-19-12-20(32-18-8-4-7-17(24)11-18)23(29)22(19)27-10-9-15-5-2-3-6-16(15)14-27/h2-8,11,19-20,22-23,25,29H,9-10,12-14H2,1H3,(H,26,28)/t19-,20-,22+,23+/m1/s1. The van der Waals surface area contributed by atoms with E-state index in [1.807, 2.05) is 18.2 Å². The van der Waals surface area contributed by atoms with E-state index in [0.717, 1.165) is 18.2 Å². The van der Waals surface area contributed by atoms with Crippen molar-refractivity contribution in [3.63, 3.8) is 0 Å². The summed E-state index contributed by atoms with van der Waals surface area (Å²) in [6.07, 6.45) is 0.487. The summed E-state index contributed by atoms with van der Waals surface area (Å²) < 4.78 is 44.4. The zero-order valence-electron chi connectivity index (χ0n) is 18.3. The summed E-state index contributed by atoms with van der Waals surface area (Å²) in [5.74, 6) is -0.639. The van der Waals surface area contributed by atoms with E-state index in [9.17, 15) is 22.7 Å². The van der Waals surface area contributed by atoms with Crippen LogP contribution in [0.25, 0.3) is 0 Å². The van der Waals surface area contributed by atoms with Crippen molar-refractivity contribution >= 4 is 15.9 Å². The minimum atomic E-state index is -3.52. The number of hydrogen-bond donors (Lipinski definition) is 3. The van der Waals surface area contributed by atoms with Gasteiger partial charge >= 0.3 is 0 Å². The molecule has 178 valence electrons. The number of carbonyl (C=O) groups is 1. The molecule has 0 radical (unpaired) electrons. The first-order chi connectivity index (χ1) is 15.7. The van der Waals surface area contributed by atoms with Gasteiger partial charge in [0.1, 0.15) is 23.8 Å². The number of aliphatic hydroxyl groups is 1. The fourth-order valence-electron chi connectivity index (χ4n) is 4.66. The Morgan fingerprint density at radius 2 is 1.97 bits per heavy atom. The fraction of sp³-hybridized carbons (Fsp3) is 0.435. The average Bonchev–Trinajstić information content (AvgIpc) is 3.06. The molecule has 1 heterocycles. The number of nitrogens with zero attached hydrogens (tertiary/aromatic N) is 1. The second-order valence-corrected chi connectivity index (χ2v) is 10.4. The van der Waals surface area contributed by atoms with Crippen molar-refractivity contribution in [2.24, 2.45) is 0 Å². The third-order valence-corrected chi connectivity index (χ3v) is 6.80. The molecular formula is C23H28FN3O5S. The molecule has 2 aromatic rings. The number of nitrogens with one attached hydrogen (secondary N) is 2. The molecule has 0 spiro atoms. The predicted molar refractivity (Wildman–Crippen MR) is 121 cm³/mol. The zero-order chi connectivity index (χ0) is 23.6. The highest BCUT2D eigenvalue weighted by Gasteiger charge is 2.47. The van der Waals surface area contributed by atoms with Crippen LogP contribution in [0.3, 0.4) is 0 Å². The summed E-state index contributed by atoms with van der Waals surface area (Å²) >= 11 is 0. The van der Waals surface area contributed by atoms with Crippen molar-refractivity contribution in [3.05, 3.63) is 65.5 Å². The van der Waals surface area contributed by atoms with Gasteiger partial charge in [0, 0.05) is 25.6 Å². The molecule has 8 nitrogen and oxygen atoms in total. The predicted octanol–water partition coefficient (Wildman–Crippen LogP) is 0.799. The number of amides is 1. The maximum atomic E-state index is 13.6. The Labute approximate surface area is 192 Å². The lowest BCUT2D eigenvalue weighted by Crippen LogP contribution is -2.55. The van der Waals surface area contributed by atoms with Gasteiger partial charge in [0.05, 0.1) is 24.9 Å². The van der Waals surface area contributed by atoms with Crippen LogP contribution in [0.5, 0.6) is 5.75 Å². The lowest BCUT2D eigenvalue weighted by atomic mass is 9.97. The molecule has 0 unspecified atom stereocenters. The Morgan fingerprint density at radius 1 is 1.21 bits per heavy atom. The quantitative estimate of drug-likeness (QED) is 0.545. The third kappa shape index (κ3) is 5.89. The molecule has 4 atom stereocenters. The van der Waals surface area contributed by atoms with Crippen LogP contribution >= 0.6 is 0 Å². The average molecular weight is 478 g/mol. The number of halogens is 1. The molecule has 33 heavy (non-hydrogen) atoms. The third-order valence-electron chi connectivity index (χ3n) is 6.14. The summed E-state index contributed by atoms with van der Waals surface area (Å²) in [5.41, 5.74) is 2.42. The highest BCUT2D eigenvalue weighted by atomic mass is 32.2. The van der Waals surface area contributed by atoms with Gasteiger partial charge in [-0.25, -0.2) is 17.5 Å². The van der Waals surface area contributed by atoms with Crippen molar-refractivity contribution < 1.29 is 27.4 Å². The summed E-state index contributed by atoms with van der Waals surface area (Å²) in [4.78, 5) is 14.6. The first-order valence-electron chi connectivity index (χ1n) is 10.8. The van der Waals surface area contributed by atoms with E-state index in [-0.39, 0.29) is 0 Å². The van der Waals surface area contributed by atoms with Gasteiger partial charge in [-0.3, -0.25) is 9.69 Å². The van der Waals surface area contributed by atoms with Crippen molar-refractivity contribution in [2.45, 2.75) is 43.7 Å². The maximum absolute atomic E-state index is 13.6. The number of rotatable bonds is 7. The lowest BCUT2D eigenvalue weighted by molar-refractivity contribution is -0.121. The number of fused-ring (bicyclic) bond motifs is 1. The number of carbonyl (C=O) groups excluding carboxylic acids is 1. The van der Waals surface area contributed by atoms with Crippen LogP contribution in [0, 0.1) is 5.82 Å². The summed E-state index contributed by atoms with van der Waals surface area (Å²) in [6, 6.07) is 12.9. The van der Waals surface area contributed by atoms with Crippen LogP contribution in [0.4, 0.5) is 4.39 Å². The normalized spacial score (nSPS) is 25.4. The molecule has 3 N–H and O–H groups in total. The van der Waals surface area contributed by atoms with Crippen molar-refractivity contribution in [2.75, 3.05) is 19.3 Å². The molecule has 2 aliphatic rings. The molecule has 1 saturated carbocycles. The van der Waals surface area contributed by atoms with E-state index < -0.39 is 52.6 Å². The van der Waals surface area contributed by atoms with Crippen molar-refractivity contribution in [3.8, 4) is 5.75 Å². The largest absolute Gasteiger partial charge is 0.487 e. The molecule has 1 fully saturated rings. The van der Waals surface area contributed by atoms with E-state index in [1.165, 1.54) is 23.8 Å².